The Balaban J connectivity index is 1.53. The third-order valence-electron chi connectivity index (χ3n) is 5.14. The number of hydrogen-bond acceptors (Lipinski definition) is 12. The first-order valence-corrected chi connectivity index (χ1v) is 12.3. The number of nitrogens with one attached hydrogen (secondary N) is 2. The molecule has 4 heterocycles. The predicted octanol–water partition coefficient (Wildman–Crippen LogP) is -2.18. The van der Waals surface area contributed by atoms with E-state index in [1.54, 1.807) is 36.0 Å². The number of β-lactam (4-membered cyclic amide) rings is 1. The average Bonchev–Trinajstić information content (AvgIpc) is 3.28. The number of amides is 3. The topological polar surface area (TPSA) is 196 Å². The number of carbonyl (C=O) groups is 4. The molecule has 0 aromatic carbocycles. The van der Waals surface area contributed by atoms with E-state index in [0.717, 1.165) is 16.4 Å². The molecule has 0 bridgehead atoms. The number of carbonyl (C=O) groups excluding carboxylic acids is 4. The van der Waals surface area contributed by atoms with Crippen molar-refractivity contribution in [2.45, 2.75) is 24.9 Å². The second-order valence-electron chi connectivity index (χ2n) is 7.44. The highest BCUT2D eigenvalue weighted by Gasteiger charge is 2.53. The molecule has 1 saturated heterocycles. The van der Waals surface area contributed by atoms with E-state index in [1.165, 1.54) is 11.8 Å². The summed E-state index contributed by atoms with van der Waals surface area (Å²) in [5.74, 6) is -2.66. The van der Waals surface area contributed by atoms with Crippen molar-refractivity contribution in [2.24, 2.45) is 5.16 Å². The standard InChI is InChI=1S/C20H20N8O6S2/c1-2-34-25-12(15-24-20(21)36-26-15)16(30)23-13-17(31)28-14(19(32)33)10(8-35-18(13)28)6-27-5-3-4-11(7-27)22-9-29/h3-5,7,9,13,18H,2,6,8H2,1H3,(H4-,21,22,23,24,26,29,30,32,33)/t13?,18-/m1/s1. The molecule has 0 spiro atoms. The van der Waals surface area contributed by atoms with Crippen molar-refractivity contribution < 1.29 is 33.7 Å². The molecule has 3 amide bonds. The maximum absolute atomic E-state index is 13.0. The van der Waals surface area contributed by atoms with Crippen LogP contribution in [0.2, 0.25) is 0 Å². The lowest BCUT2D eigenvalue weighted by Crippen LogP contribution is -2.71. The molecule has 2 aromatic heterocycles. The Bertz CT molecular complexity index is 1280. The Labute approximate surface area is 212 Å². The molecule has 0 radical (unpaired) electrons. The van der Waals surface area contributed by atoms with Crippen LogP contribution < -0.4 is 26.0 Å². The second-order valence-corrected chi connectivity index (χ2v) is 9.33. The summed E-state index contributed by atoms with van der Waals surface area (Å²) in [6, 6.07) is 2.36. The summed E-state index contributed by atoms with van der Waals surface area (Å²) in [5, 5.41) is 20.3. The van der Waals surface area contributed by atoms with E-state index in [1.807, 2.05) is 0 Å². The van der Waals surface area contributed by atoms with Crippen LogP contribution in [0.3, 0.4) is 0 Å². The molecule has 1 unspecified atom stereocenters. The summed E-state index contributed by atoms with van der Waals surface area (Å²) in [6.07, 6.45) is 3.86. The number of pyridine rings is 1. The monoisotopic (exact) mass is 532 g/mol. The summed E-state index contributed by atoms with van der Waals surface area (Å²) >= 11 is 2.16. The first-order valence-electron chi connectivity index (χ1n) is 10.5. The van der Waals surface area contributed by atoms with E-state index < -0.39 is 29.2 Å². The van der Waals surface area contributed by atoms with Crippen molar-refractivity contribution >= 4 is 64.0 Å². The molecule has 1 fully saturated rings. The number of rotatable bonds is 10. The van der Waals surface area contributed by atoms with Crippen LogP contribution in [0.4, 0.5) is 10.8 Å². The van der Waals surface area contributed by atoms with Gasteiger partial charge in [-0.15, -0.1) is 11.8 Å². The number of oxime groups is 1. The Hall–Kier alpha value is -4.05. The number of nitrogens with zero attached hydrogens (tertiary/aromatic N) is 5. The van der Waals surface area contributed by atoms with Gasteiger partial charge in [0.2, 0.25) is 17.9 Å². The third-order valence-corrected chi connectivity index (χ3v) is 7.02. The molecule has 36 heavy (non-hydrogen) atoms. The molecule has 2 atom stereocenters. The van der Waals surface area contributed by atoms with Gasteiger partial charge >= 0.3 is 0 Å². The largest absolute Gasteiger partial charge is 0.543 e. The Morgan fingerprint density at radius 1 is 1.47 bits per heavy atom. The number of anilines is 2. The molecule has 14 nitrogen and oxygen atoms in total. The third kappa shape index (κ3) is 4.99. The number of nitrogen functional groups attached to an aromatic ring is 1. The fourth-order valence-corrected chi connectivity index (χ4v) is 5.41. The lowest BCUT2D eigenvalue weighted by atomic mass is 10.0. The Morgan fingerprint density at radius 3 is 2.94 bits per heavy atom. The molecular formula is C20H20N8O6S2. The number of hydrogen-bond donors (Lipinski definition) is 3. The van der Waals surface area contributed by atoms with Crippen LogP contribution in [-0.4, -0.2) is 67.9 Å². The number of aromatic nitrogens is 3. The molecule has 2 aromatic rings. The van der Waals surface area contributed by atoms with Gasteiger partial charge < -0.3 is 31.1 Å². The minimum Gasteiger partial charge on any atom is -0.543 e. The zero-order valence-corrected chi connectivity index (χ0v) is 20.4. The second kappa shape index (κ2) is 10.7. The molecule has 4 rings (SSSR count). The zero-order valence-electron chi connectivity index (χ0n) is 18.7. The van der Waals surface area contributed by atoms with E-state index in [-0.39, 0.29) is 41.3 Å². The highest BCUT2D eigenvalue weighted by Crippen LogP contribution is 2.40. The molecule has 16 heteroatoms. The molecule has 0 aliphatic carbocycles. The predicted molar refractivity (Wildman–Crippen MR) is 126 cm³/mol. The lowest BCUT2D eigenvalue weighted by Gasteiger charge is -2.50. The van der Waals surface area contributed by atoms with Crippen LogP contribution in [-0.2, 0) is 30.6 Å². The number of carboxylic acids is 1. The summed E-state index contributed by atoms with van der Waals surface area (Å²) in [4.78, 5) is 58.6. The lowest BCUT2D eigenvalue weighted by molar-refractivity contribution is -0.688. The molecule has 0 saturated carbocycles. The zero-order chi connectivity index (χ0) is 25.8. The smallest absolute Gasteiger partial charge is 0.278 e. The van der Waals surface area contributed by atoms with Crippen molar-refractivity contribution in [3.63, 3.8) is 0 Å². The quantitative estimate of drug-likeness (QED) is 0.0995. The highest BCUT2D eigenvalue weighted by atomic mass is 32.2. The Morgan fingerprint density at radius 2 is 2.28 bits per heavy atom. The van der Waals surface area contributed by atoms with Crippen LogP contribution in [0.15, 0.2) is 41.0 Å². The number of fused-ring (bicyclic) bond motifs is 1. The van der Waals surface area contributed by atoms with Gasteiger partial charge in [-0.2, -0.15) is 13.9 Å². The van der Waals surface area contributed by atoms with E-state index in [4.69, 9.17) is 10.6 Å². The summed E-state index contributed by atoms with van der Waals surface area (Å²) in [6.45, 7) is 2.01. The summed E-state index contributed by atoms with van der Waals surface area (Å²) < 4.78 is 5.64. The summed E-state index contributed by atoms with van der Waals surface area (Å²) in [5.41, 5.74) is 6.06. The molecular weight excluding hydrogens is 512 g/mol. The van der Waals surface area contributed by atoms with Gasteiger partial charge in [0.15, 0.2) is 24.1 Å². The van der Waals surface area contributed by atoms with Gasteiger partial charge in [-0.3, -0.25) is 19.3 Å². The van der Waals surface area contributed by atoms with Crippen molar-refractivity contribution in [3.05, 3.63) is 41.6 Å². The minimum atomic E-state index is -1.50. The van der Waals surface area contributed by atoms with E-state index in [0.29, 0.717) is 17.7 Å². The fraction of sp³-hybridized carbons (Fsp3) is 0.300. The van der Waals surface area contributed by atoms with Gasteiger partial charge in [0, 0.05) is 28.9 Å². The fourth-order valence-electron chi connectivity index (χ4n) is 3.64. The van der Waals surface area contributed by atoms with E-state index in [9.17, 15) is 24.3 Å². The van der Waals surface area contributed by atoms with Crippen molar-refractivity contribution in [2.75, 3.05) is 23.4 Å². The van der Waals surface area contributed by atoms with Gasteiger partial charge in [0.05, 0.1) is 11.7 Å². The summed E-state index contributed by atoms with van der Waals surface area (Å²) in [7, 11) is 0. The van der Waals surface area contributed by atoms with Crippen LogP contribution >= 0.6 is 23.3 Å². The molecule has 4 N–H and O–H groups in total. The van der Waals surface area contributed by atoms with Crippen LogP contribution in [0, 0.1) is 0 Å². The molecule has 188 valence electrons. The van der Waals surface area contributed by atoms with Gasteiger partial charge in [0.25, 0.3) is 11.8 Å². The normalized spacial score (nSPS) is 19.3. The maximum Gasteiger partial charge on any atom is 0.278 e. The van der Waals surface area contributed by atoms with Crippen LogP contribution in [0.1, 0.15) is 12.7 Å². The molecule has 2 aliphatic rings. The van der Waals surface area contributed by atoms with Crippen molar-refractivity contribution in [1.29, 1.82) is 0 Å². The number of nitrogens with two attached hydrogens (primary N) is 1. The van der Waals surface area contributed by atoms with Crippen molar-refractivity contribution in [1.82, 2.24) is 19.6 Å². The van der Waals surface area contributed by atoms with Crippen LogP contribution in [0.25, 0.3) is 0 Å². The molecule has 2 aliphatic heterocycles. The van der Waals surface area contributed by atoms with Crippen LogP contribution in [0.5, 0.6) is 0 Å². The van der Waals surface area contributed by atoms with E-state index in [2.05, 4.69) is 25.1 Å². The average molecular weight is 533 g/mol. The first-order chi connectivity index (χ1) is 17.3. The number of carboxylic acid groups (broad SMARTS) is 1. The van der Waals surface area contributed by atoms with Gasteiger partial charge in [0.1, 0.15) is 23.7 Å². The highest BCUT2D eigenvalue weighted by molar-refractivity contribution is 8.00. The van der Waals surface area contributed by atoms with Crippen molar-refractivity contribution in [3.8, 4) is 0 Å². The number of aliphatic carboxylic acids is 1. The van der Waals surface area contributed by atoms with E-state index >= 15 is 0 Å². The first kappa shape index (κ1) is 25.1. The van der Waals surface area contributed by atoms with Gasteiger partial charge in [-0.1, -0.05) is 5.16 Å². The Kier molecular flexibility index (Phi) is 7.44. The van der Waals surface area contributed by atoms with Gasteiger partial charge in [-0.25, -0.2) is 0 Å². The SMILES string of the molecule is CCON=C(C(=O)NC1C(=O)N2C(C(=O)[O-])=C(C[n+]3cccc(NC=O)c3)CS[C@H]12)c1nsc(N)n1. The minimum absolute atomic E-state index is 0.0516. The number of thioether (sulfide) groups is 1. The van der Waals surface area contributed by atoms with Gasteiger partial charge in [-0.05, 0) is 13.0 Å². The maximum atomic E-state index is 13.0.